The predicted molar refractivity (Wildman–Crippen MR) is 56.1 cm³/mol. The topological polar surface area (TPSA) is 63.3 Å². The van der Waals surface area contributed by atoms with E-state index in [9.17, 15) is 4.79 Å². The Bertz CT molecular complexity index is 347. The van der Waals surface area contributed by atoms with Gasteiger partial charge in [-0.25, -0.2) is 0 Å². The van der Waals surface area contributed by atoms with E-state index >= 15 is 0 Å². The van der Waals surface area contributed by atoms with Crippen LogP contribution in [0.25, 0.3) is 0 Å². The molecule has 1 rings (SSSR count). The summed E-state index contributed by atoms with van der Waals surface area (Å²) in [6, 6.07) is 5.68. The van der Waals surface area contributed by atoms with E-state index < -0.39 is 5.97 Å². The minimum absolute atomic E-state index is 0.364. The largest absolute Gasteiger partial charge is 0.481 e. The standard InChI is InChI=1S/C11H15NO2/c1-7-3-4-9(6-10(7)12)5-8(2)11(13)14/h3-4,6,8H,5,12H2,1-2H3,(H,13,14). The number of carboxylic acid groups (broad SMARTS) is 1. The van der Waals surface area contributed by atoms with Crippen molar-refractivity contribution in [1.82, 2.24) is 0 Å². The van der Waals surface area contributed by atoms with Crippen molar-refractivity contribution in [1.29, 1.82) is 0 Å². The maximum Gasteiger partial charge on any atom is 0.306 e. The Kier molecular flexibility index (Phi) is 3.12. The highest BCUT2D eigenvalue weighted by molar-refractivity contribution is 5.70. The molecule has 3 heteroatoms. The van der Waals surface area contributed by atoms with E-state index in [1.165, 1.54) is 0 Å². The molecule has 0 heterocycles. The summed E-state index contributed by atoms with van der Waals surface area (Å²) in [4.78, 5) is 10.6. The van der Waals surface area contributed by atoms with Crippen molar-refractivity contribution in [3.63, 3.8) is 0 Å². The Balaban J connectivity index is 2.78. The van der Waals surface area contributed by atoms with E-state index in [0.29, 0.717) is 6.42 Å². The lowest BCUT2D eigenvalue weighted by atomic mass is 10.00. The zero-order chi connectivity index (χ0) is 10.7. The molecule has 1 atom stereocenters. The molecule has 14 heavy (non-hydrogen) atoms. The van der Waals surface area contributed by atoms with E-state index in [-0.39, 0.29) is 5.92 Å². The average Bonchev–Trinajstić information content (AvgIpc) is 2.11. The summed E-state index contributed by atoms with van der Waals surface area (Å²) < 4.78 is 0. The molecule has 0 aliphatic heterocycles. The van der Waals surface area contributed by atoms with Crippen LogP contribution < -0.4 is 5.73 Å². The van der Waals surface area contributed by atoms with Gasteiger partial charge in [0.25, 0.3) is 0 Å². The summed E-state index contributed by atoms with van der Waals surface area (Å²) in [5.41, 5.74) is 8.45. The van der Waals surface area contributed by atoms with Crippen LogP contribution in [0, 0.1) is 12.8 Å². The number of aryl methyl sites for hydroxylation is 1. The lowest BCUT2D eigenvalue weighted by molar-refractivity contribution is -0.141. The second-order valence-electron chi connectivity index (χ2n) is 3.63. The summed E-state index contributed by atoms with van der Waals surface area (Å²) in [6.07, 6.45) is 0.528. The van der Waals surface area contributed by atoms with Crippen LogP contribution in [-0.4, -0.2) is 11.1 Å². The van der Waals surface area contributed by atoms with Crippen LogP contribution in [0.5, 0.6) is 0 Å². The molecule has 1 aromatic carbocycles. The number of aliphatic carboxylic acids is 1. The van der Waals surface area contributed by atoms with Crippen molar-refractivity contribution in [2.24, 2.45) is 5.92 Å². The smallest absolute Gasteiger partial charge is 0.306 e. The molecule has 0 spiro atoms. The van der Waals surface area contributed by atoms with Gasteiger partial charge in [0.1, 0.15) is 0 Å². The summed E-state index contributed by atoms with van der Waals surface area (Å²) in [5, 5.41) is 8.74. The highest BCUT2D eigenvalue weighted by atomic mass is 16.4. The fraction of sp³-hybridized carbons (Fsp3) is 0.364. The molecule has 76 valence electrons. The number of hydrogen-bond acceptors (Lipinski definition) is 2. The van der Waals surface area contributed by atoms with Gasteiger partial charge in [0.05, 0.1) is 5.92 Å². The Morgan fingerprint density at radius 2 is 2.21 bits per heavy atom. The van der Waals surface area contributed by atoms with Crippen LogP contribution in [0.4, 0.5) is 5.69 Å². The second kappa shape index (κ2) is 4.13. The van der Waals surface area contributed by atoms with Crippen LogP contribution in [-0.2, 0) is 11.2 Å². The van der Waals surface area contributed by atoms with Gasteiger partial charge in [0, 0.05) is 5.69 Å². The Labute approximate surface area is 83.6 Å². The number of rotatable bonds is 3. The van der Waals surface area contributed by atoms with Crippen LogP contribution in [0.3, 0.4) is 0 Å². The van der Waals surface area contributed by atoms with Gasteiger partial charge in [-0.1, -0.05) is 19.1 Å². The van der Waals surface area contributed by atoms with Crippen LogP contribution >= 0.6 is 0 Å². The lowest BCUT2D eigenvalue weighted by Gasteiger charge is -2.08. The van der Waals surface area contributed by atoms with Gasteiger partial charge in [-0.3, -0.25) is 4.79 Å². The number of nitrogens with two attached hydrogens (primary N) is 1. The van der Waals surface area contributed by atoms with E-state index in [1.807, 2.05) is 25.1 Å². The normalized spacial score (nSPS) is 12.4. The molecule has 0 saturated carbocycles. The molecule has 0 aliphatic carbocycles. The monoisotopic (exact) mass is 193 g/mol. The third-order valence-electron chi connectivity index (χ3n) is 2.31. The van der Waals surface area contributed by atoms with Gasteiger partial charge in [0.2, 0.25) is 0 Å². The quantitative estimate of drug-likeness (QED) is 0.720. The van der Waals surface area contributed by atoms with E-state index in [1.54, 1.807) is 6.92 Å². The van der Waals surface area contributed by atoms with Crippen molar-refractivity contribution in [2.75, 3.05) is 5.73 Å². The highest BCUT2D eigenvalue weighted by Crippen LogP contribution is 2.16. The summed E-state index contributed by atoms with van der Waals surface area (Å²) in [6.45, 7) is 3.62. The Morgan fingerprint density at radius 1 is 1.57 bits per heavy atom. The molecule has 0 fully saturated rings. The first kappa shape index (κ1) is 10.6. The first-order chi connectivity index (χ1) is 6.50. The van der Waals surface area contributed by atoms with E-state index in [4.69, 9.17) is 10.8 Å². The molecule has 1 unspecified atom stereocenters. The molecule has 0 aromatic heterocycles. The summed E-state index contributed by atoms with van der Waals surface area (Å²) in [7, 11) is 0. The van der Waals surface area contributed by atoms with Crippen LogP contribution in [0.1, 0.15) is 18.1 Å². The van der Waals surface area contributed by atoms with Gasteiger partial charge >= 0.3 is 5.97 Å². The van der Waals surface area contributed by atoms with Gasteiger partial charge in [-0.15, -0.1) is 0 Å². The zero-order valence-electron chi connectivity index (χ0n) is 8.45. The van der Waals surface area contributed by atoms with Crippen molar-refractivity contribution in [2.45, 2.75) is 20.3 Å². The van der Waals surface area contributed by atoms with Crippen molar-refractivity contribution in [3.05, 3.63) is 29.3 Å². The highest BCUT2D eigenvalue weighted by Gasteiger charge is 2.11. The maximum absolute atomic E-state index is 10.6. The fourth-order valence-corrected chi connectivity index (χ4v) is 1.26. The lowest BCUT2D eigenvalue weighted by Crippen LogP contribution is -2.12. The number of carbonyl (C=O) groups is 1. The molecular formula is C11H15NO2. The number of anilines is 1. The summed E-state index contributed by atoms with van der Waals surface area (Å²) in [5.74, 6) is -1.14. The SMILES string of the molecule is Cc1ccc(CC(C)C(=O)O)cc1N. The molecule has 0 bridgehead atoms. The number of hydrogen-bond donors (Lipinski definition) is 2. The molecule has 3 N–H and O–H groups in total. The second-order valence-corrected chi connectivity index (χ2v) is 3.63. The maximum atomic E-state index is 10.6. The molecule has 3 nitrogen and oxygen atoms in total. The molecule has 0 amide bonds. The number of carboxylic acids is 1. The average molecular weight is 193 g/mol. The molecular weight excluding hydrogens is 178 g/mol. The third-order valence-corrected chi connectivity index (χ3v) is 2.31. The van der Waals surface area contributed by atoms with E-state index in [0.717, 1.165) is 16.8 Å². The van der Waals surface area contributed by atoms with Crippen LogP contribution in [0.15, 0.2) is 18.2 Å². The van der Waals surface area contributed by atoms with Gasteiger partial charge in [0.15, 0.2) is 0 Å². The zero-order valence-corrected chi connectivity index (χ0v) is 8.45. The minimum atomic E-state index is -0.774. The first-order valence-corrected chi connectivity index (χ1v) is 4.58. The number of benzene rings is 1. The van der Waals surface area contributed by atoms with Crippen molar-refractivity contribution >= 4 is 11.7 Å². The third kappa shape index (κ3) is 2.49. The van der Waals surface area contributed by atoms with Gasteiger partial charge in [-0.05, 0) is 30.5 Å². The Morgan fingerprint density at radius 3 is 2.71 bits per heavy atom. The molecule has 1 aromatic rings. The number of nitrogen functional groups attached to an aromatic ring is 1. The van der Waals surface area contributed by atoms with Crippen molar-refractivity contribution < 1.29 is 9.90 Å². The minimum Gasteiger partial charge on any atom is -0.481 e. The van der Waals surface area contributed by atoms with Crippen LogP contribution in [0.2, 0.25) is 0 Å². The van der Waals surface area contributed by atoms with Gasteiger partial charge < -0.3 is 10.8 Å². The van der Waals surface area contributed by atoms with Crippen molar-refractivity contribution in [3.8, 4) is 0 Å². The van der Waals surface area contributed by atoms with E-state index in [2.05, 4.69) is 0 Å². The molecule has 0 aliphatic rings. The Hall–Kier alpha value is -1.51. The molecule has 0 radical (unpaired) electrons. The van der Waals surface area contributed by atoms with Gasteiger partial charge in [-0.2, -0.15) is 0 Å². The summed E-state index contributed by atoms with van der Waals surface area (Å²) >= 11 is 0. The first-order valence-electron chi connectivity index (χ1n) is 4.58. The predicted octanol–water partition coefficient (Wildman–Crippen LogP) is 1.84. The molecule has 0 saturated heterocycles. The fourth-order valence-electron chi connectivity index (χ4n) is 1.26.